The van der Waals surface area contributed by atoms with Gasteiger partial charge >= 0.3 is 5.97 Å². The molecule has 0 aliphatic carbocycles. The van der Waals surface area contributed by atoms with E-state index in [4.69, 9.17) is 9.84 Å². The van der Waals surface area contributed by atoms with Gasteiger partial charge in [-0.05, 0) is 53.9 Å². The number of aryl methyl sites for hydroxylation is 1. The summed E-state index contributed by atoms with van der Waals surface area (Å²) in [4.78, 5) is 10.6. The molecule has 24 heavy (non-hydrogen) atoms. The van der Waals surface area contributed by atoms with Crippen molar-refractivity contribution in [1.29, 1.82) is 0 Å². The highest BCUT2D eigenvalue weighted by atomic mass is 16.5. The van der Waals surface area contributed by atoms with Crippen LogP contribution in [0.25, 0.3) is 5.69 Å². The summed E-state index contributed by atoms with van der Waals surface area (Å²) < 4.78 is 7.88. The molecule has 122 valence electrons. The minimum absolute atomic E-state index is 0.145. The second-order valence-corrected chi connectivity index (χ2v) is 5.59. The molecule has 0 unspecified atom stereocenters. The Morgan fingerprint density at radius 1 is 0.958 bits per heavy atom. The molecule has 0 saturated carbocycles. The van der Waals surface area contributed by atoms with Gasteiger partial charge in [-0.2, -0.15) is 0 Å². The maximum absolute atomic E-state index is 10.6. The van der Waals surface area contributed by atoms with Gasteiger partial charge < -0.3 is 14.4 Å². The highest BCUT2D eigenvalue weighted by Crippen LogP contribution is 2.17. The summed E-state index contributed by atoms with van der Waals surface area (Å²) in [5.74, 6) is -0.00153. The Morgan fingerprint density at radius 3 is 2.42 bits per heavy atom. The van der Waals surface area contributed by atoms with Crippen LogP contribution in [0.5, 0.6) is 5.75 Å². The maximum atomic E-state index is 10.6. The molecular formula is C20H19NO3. The van der Waals surface area contributed by atoms with Crippen LogP contribution in [0.4, 0.5) is 0 Å². The number of carboxylic acid groups (broad SMARTS) is 1. The summed E-state index contributed by atoms with van der Waals surface area (Å²) >= 11 is 0. The zero-order valence-corrected chi connectivity index (χ0v) is 13.3. The minimum atomic E-state index is -0.780. The zero-order chi connectivity index (χ0) is 16.8. The van der Waals surface area contributed by atoms with Crippen LogP contribution in [0.2, 0.25) is 0 Å². The Kier molecular flexibility index (Phi) is 4.96. The number of benzene rings is 2. The summed E-state index contributed by atoms with van der Waals surface area (Å²) in [7, 11) is 0. The Labute approximate surface area is 140 Å². The van der Waals surface area contributed by atoms with Crippen LogP contribution in [0.1, 0.15) is 17.5 Å². The molecule has 4 heteroatoms. The fourth-order valence-corrected chi connectivity index (χ4v) is 2.48. The van der Waals surface area contributed by atoms with Gasteiger partial charge in [0.05, 0.1) is 0 Å². The normalized spacial score (nSPS) is 10.5. The van der Waals surface area contributed by atoms with E-state index in [0.29, 0.717) is 13.0 Å². The summed E-state index contributed by atoms with van der Waals surface area (Å²) in [6.45, 7) is 0.490. The van der Waals surface area contributed by atoms with E-state index in [-0.39, 0.29) is 6.42 Å². The number of carbonyl (C=O) groups is 1. The molecule has 0 amide bonds. The van der Waals surface area contributed by atoms with Crippen molar-refractivity contribution >= 4 is 5.97 Å². The molecule has 1 heterocycles. The molecule has 3 aromatic rings. The molecular weight excluding hydrogens is 302 g/mol. The molecule has 0 atom stereocenters. The second kappa shape index (κ2) is 7.51. The standard InChI is InChI=1S/C20H19NO3/c22-20(23)11-8-16-6-9-19(10-7-16)24-15-17-4-3-5-18(14-17)21-12-1-2-13-21/h1-7,9-10,12-14H,8,11,15H2,(H,22,23). The predicted octanol–water partition coefficient (Wildman–Crippen LogP) is 4.07. The van der Waals surface area contributed by atoms with E-state index >= 15 is 0 Å². The number of aromatic nitrogens is 1. The van der Waals surface area contributed by atoms with Crippen LogP contribution in [-0.2, 0) is 17.8 Å². The van der Waals surface area contributed by atoms with E-state index < -0.39 is 5.97 Å². The van der Waals surface area contributed by atoms with E-state index in [9.17, 15) is 4.79 Å². The molecule has 0 radical (unpaired) electrons. The van der Waals surface area contributed by atoms with E-state index in [2.05, 4.69) is 16.7 Å². The van der Waals surface area contributed by atoms with Gasteiger partial charge in [-0.15, -0.1) is 0 Å². The lowest BCUT2D eigenvalue weighted by molar-refractivity contribution is -0.136. The lowest BCUT2D eigenvalue weighted by Crippen LogP contribution is -1.99. The highest BCUT2D eigenvalue weighted by molar-refractivity contribution is 5.67. The Hall–Kier alpha value is -3.01. The van der Waals surface area contributed by atoms with Gasteiger partial charge in [0.25, 0.3) is 0 Å². The van der Waals surface area contributed by atoms with Crippen molar-refractivity contribution < 1.29 is 14.6 Å². The zero-order valence-electron chi connectivity index (χ0n) is 13.3. The lowest BCUT2D eigenvalue weighted by Gasteiger charge is -2.09. The van der Waals surface area contributed by atoms with Crippen LogP contribution in [0.3, 0.4) is 0 Å². The molecule has 3 rings (SSSR count). The van der Waals surface area contributed by atoms with Gasteiger partial charge in [-0.25, -0.2) is 0 Å². The average Bonchev–Trinajstić information content (AvgIpc) is 3.14. The van der Waals surface area contributed by atoms with Crippen molar-refractivity contribution in [3.63, 3.8) is 0 Å². The van der Waals surface area contributed by atoms with Crippen molar-refractivity contribution in [1.82, 2.24) is 4.57 Å². The van der Waals surface area contributed by atoms with Gasteiger partial charge in [0, 0.05) is 24.5 Å². The van der Waals surface area contributed by atoms with Crippen LogP contribution in [0.15, 0.2) is 73.1 Å². The third kappa shape index (κ3) is 4.26. The van der Waals surface area contributed by atoms with Crippen molar-refractivity contribution in [3.05, 3.63) is 84.2 Å². The molecule has 2 aromatic carbocycles. The van der Waals surface area contributed by atoms with Gasteiger partial charge in [0.1, 0.15) is 12.4 Å². The topological polar surface area (TPSA) is 51.5 Å². The van der Waals surface area contributed by atoms with Crippen molar-refractivity contribution in [2.75, 3.05) is 0 Å². The number of hydrogen-bond acceptors (Lipinski definition) is 2. The van der Waals surface area contributed by atoms with Crippen molar-refractivity contribution in [2.24, 2.45) is 0 Å². The Balaban J connectivity index is 1.59. The van der Waals surface area contributed by atoms with Crippen molar-refractivity contribution in [2.45, 2.75) is 19.4 Å². The summed E-state index contributed by atoms with van der Waals surface area (Å²) in [6.07, 6.45) is 4.70. The Morgan fingerprint density at radius 2 is 1.71 bits per heavy atom. The predicted molar refractivity (Wildman–Crippen MR) is 92.5 cm³/mol. The first-order valence-corrected chi connectivity index (χ1v) is 7.86. The Bertz CT molecular complexity index is 792. The third-order valence-electron chi connectivity index (χ3n) is 3.77. The molecule has 1 aromatic heterocycles. The van der Waals surface area contributed by atoms with Crippen LogP contribution >= 0.6 is 0 Å². The average molecular weight is 321 g/mol. The molecule has 0 aliphatic rings. The smallest absolute Gasteiger partial charge is 0.303 e. The maximum Gasteiger partial charge on any atom is 0.303 e. The first kappa shape index (κ1) is 15.9. The molecule has 0 fully saturated rings. The molecule has 1 N–H and O–H groups in total. The molecule has 0 saturated heterocycles. The first-order chi connectivity index (χ1) is 11.7. The summed E-state index contributed by atoms with van der Waals surface area (Å²) in [6, 6.07) is 19.8. The quantitative estimate of drug-likeness (QED) is 0.713. The molecule has 0 bridgehead atoms. The number of aliphatic carboxylic acids is 1. The van der Waals surface area contributed by atoms with E-state index in [1.807, 2.05) is 60.9 Å². The van der Waals surface area contributed by atoms with E-state index in [1.165, 1.54) is 0 Å². The molecule has 0 aliphatic heterocycles. The second-order valence-electron chi connectivity index (χ2n) is 5.59. The highest BCUT2D eigenvalue weighted by Gasteiger charge is 2.02. The number of ether oxygens (including phenoxy) is 1. The molecule has 4 nitrogen and oxygen atoms in total. The van der Waals surface area contributed by atoms with Gasteiger partial charge in [-0.3, -0.25) is 4.79 Å². The van der Waals surface area contributed by atoms with Gasteiger partial charge in [0.15, 0.2) is 0 Å². The van der Waals surface area contributed by atoms with Crippen LogP contribution in [0, 0.1) is 0 Å². The monoisotopic (exact) mass is 321 g/mol. The number of rotatable bonds is 7. The molecule has 0 spiro atoms. The fourth-order valence-electron chi connectivity index (χ4n) is 2.48. The lowest BCUT2D eigenvalue weighted by atomic mass is 10.1. The van der Waals surface area contributed by atoms with Gasteiger partial charge in [-0.1, -0.05) is 24.3 Å². The third-order valence-corrected chi connectivity index (χ3v) is 3.77. The summed E-state index contributed by atoms with van der Waals surface area (Å²) in [5.41, 5.74) is 3.20. The minimum Gasteiger partial charge on any atom is -0.489 e. The SMILES string of the molecule is O=C(O)CCc1ccc(OCc2cccc(-n3cccc3)c2)cc1. The van der Waals surface area contributed by atoms with Crippen molar-refractivity contribution in [3.8, 4) is 11.4 Å². The number of hydrogen-bond donors (Lipinski definition) is 1. The van der Waals surface area contributed by atoms with Gasteiger partial charge in [0.2, 0.25) is 0 Å². The fraction of sp³-hybridized carbons (Fsp3) is 0.150. The number of carboxylic acids is 1. The first-order valence-electron chi connectivity index (χ1n) is 7.86. The van der Waals surface area contributed by atoms with Crippen LogP contribution in [-0.4, -0.2) is 15.6 Å². The van der Waals surface area contributed by atoms with Crippen LogP contribution < -0.4 is 4.74 Å². The van der Waals surface area contributed by atoms with E-state index in [1.54, 1.807) is 0 Å². The summed E-state index contributed by atoms with van der Waals surface area (Å²) in [5, 5.41) is 8.70. The largest absolute Gasteiger partial charge is 0.489 e. The van der Waals surface area contributed by atoms with E-state index in [0.717, 1.165) is 22.6 Å². The number of nitrogens with zero attached hydrogens (tertiary/aromatic N) is 1.